The minimum absolute atomic E-state index is 0.0289. The first-order valence-corrected chi connectivity index (χ1v) is 20.9. The van der Waals surface area contributed by atoms with Gasteiger partial charge in [-0.1, -0.05) is 61.5 Å². The van der Waals surface area contributed by atoms with Gasteiger partial charge in [0.05, 0.1) is 43.3 Å². The van der Waals surface area contributed by atoms with Crippen molar-refractivity contribution < 1.29 is 29.0 Å². The molecule has 3 aromatic rings. The van der Waals surface area contributed by atoms with Gasteiger partial charge in [-0.15, -0.1) is 0 Å². The summed E-state index contributed by atoms with van der Waals surface area (Å²) in [7, 11) is -3.05. The molecule has 1 unspecified atom stereocenters. The van der Waals surface area contributed by atoms with E-state index in [-0.39, 0.29) is 42.7 Å². The quantitative estimate of drug-likeness (QED) is 0.259. The van der Waals surface area contributed by atoms with Crippen molar-refractivity contribution in [1.82, 2.24) is 10.2 Å². The molecule has 0 bridgehead atoms. The summed E-state index contributed by atoms with van der Waals surface area (Å²) < 4.78 is 6.99. The van der Waals surface area contributed by atoms with E-state index in [1.807, 2.05) is 92.8 Å². The zero-order valence-corrected chi connectivity index (χ0v) is 30.1. The van der Waals surface area contributed by atoms with Gasteiger partial charge < -0.3 is 35.1 Å². The van der Waals surface area contributed by atoms with Crippen LogP contribution in [0.4, 0.5) is 11.4 Å². The van der Waals surface area contributed by atoms with E-state index in [1.54, 1.807) is 9.80 Å². The van der Waals surface area contributed by atoms with E-state index in [1.165, 1.54) is 0 Å². The van der Waals surface area contributed by atoms with Crippen molar-refractivity contribution in [2.24, 2.45) is 11.8 Å². The van der Waals surface area contributed by atoms with E-state index < -0.39 is 31.5 Å². The fraction of sp³-hybridized carbons (Fsp3) is 0.462. The molecule has 4 aliphatic heterocycles. The van der Waals surface area contributed by atoms with Crippen molar-refractivity contribution in [2.75, 3.05) is 29.9 Å². The highest BCUT2D eigenvalue weighted by Crippen LogP contribution is 2.60. The van der Waals surface area contributed by atoms with E-state index in [4.69, 9.17) is 4.74 Å². The summed E-state index contributed by atoms with van der Waals surface area (Å²) in [4.78, 5) is 57.7. The van der Waals surface area contributed by atoms with Gasteiger partial charge in [-0.25, -0.2) is 0 Å². The first kappa shape index (κ1) is 34.6. The molecule has 4 heterocycles. The van der Waals surface area contributed by atoms with Gasteiger partial charge in [-0.3, -0.25) is 14.4 Å². The maximum Gasteiger partial charge on any atom is 0.264 e. The number of hydrogen-bond acceptors (Lipinski definition) is 7. The van der Waals surface area contributed by atoms with Gasteiger partial charge in [0.2, 0.25) is 11.8 Å². The largest absolute Gasteiger partial charge is 0.432 e. The summed E-state index contributed by atoms with van der Waals surface area (Å²) in [5.41, 5.74) is 3.13. The molecule has 3 aromatic carbocycles. The number of anilines is 2. The molecule has 6 atom stereocenters. The Bertz CT molecular complexity index is 1760. The molecule has 10 nitrogen and oxygen atoms in total. The van der Waals surface area contributed by atoms with E-state index in [0.29, 0.717) is 43.0 Å². The number of benzene rings is 3. The highest BCUT2D eigenvalue weighted by atomic mass is 28.4. The average Bonchev–Trinajstić information content (AvgIpc) is 3.54. The summed E-state index contributed by atoms with van der Waals surface area (Å²) in [6, 6.07) is 22.9. The first-order valence-electron chi connectivity index (χ1n) is 17.9. The van der Waals surface area contributed by atoms with Gasteiger partial charge in [0, 0.05) is 35.8 Å². The zero-order valence-electron chi connectivity index (χ0n) is 29.1. The lowest BCUT2D eigenvalue weighted by molar-refractivity contribution is -0.151. The molecule has 3 amide bonds. The fourth-order valence-corrected chi connectivity index (χ4v) is 11.5. The number of ether oxygens (including phenoxy) is 1. The van der Waals surface area contributed by atoms with Crippen LogP contribution >= 0.6 is 0 Å². The molecule has 11 heteroatoms. The van der Waals surface area contributed by atoms with Crippen molar-refractivity contribution in [3.8, 4) is 0 Å². The first-order chi connectivity index (χ1) is 24.0. The predicted octanol–water partition coefficient (Wildman–Crippen LogP) is 4.31. The Balaban J connectivity index is 1.24. The topological polar surface area (TPSA) is 131 Å². The number of nitrogens with zero attached hydrogens (tertiary/aromatic N) is 2. The molecule has 264 valence electrons. The van der Waals surface area contributed by atoms with Crippen LogP contribution in [-0.4, -0.2) is 72.7 Å². The zero-order chi connectivity index (χ0) is 35.2. The number of nitrogens with one attached hydrogen (secondary N) is 2. The lowest BCUT2D eigenvalue weighted by atomic mass is 9.82. The number of amides is 3. The number of fused-ring (bicyclic) bond motifs is 3. The number of rotatable bonds is 8. The van der Waals surface area contributed by atoms with Crippen molar-refractivity contribution in [2.45, 2.75) is 82.1 Å². The van der Waals surface area contributed by atoms with Crippen molar-refractivity contribution in [3.63, 3.8) is 0 Å². The summed E-state index contributed by atoms with van der Waals surface area (Å²) in [6.07, 6.45) is 1.54. The molecule has 0 aliphatic carbocycles. The van der Waals surface area contributed by atoms with Gasteiger partial charge >= 0.3 is 0 Å². The summed E-state index contributed by atoms with van der Waals surface area (Å²) in [6.45, 7) is 7.71. The molecule has 4 aliphatic rings. The summed E-state index contributed by atoms with van der Waals surface area (Å²) in [5.74, 6) is -1.09. The number of hydrogen-bond donors (Lipinski definition) is 4. The smallest absolute Gasteiger partial charge is 0.264 e. The Kier molecular flexibility index (Phi) is 9.46. The normalized spacial score (nSPS) is 27.7. The fourth-order valence-electron chi connectivity index (χ4n) is 8.93. The predicted molar refractivity (Wildman–Crippen MR) is 194 cm³/mol. The lowest BCUT2D eigenvalue weighted by Crippen LogP contribution is -2.48. The molecular formula is C39H48N4O6Si. The molecule has 0 saturated carbocycles. The van der Waals surface area contributed by atoms with Gasteiger partial charge in [-0.05, 0) is 73.8 Å². The lowest BCUT2D eigenvalue weighted by Gasteiger charge is -2.37. The summed E-state index contributed by atoms with van der Waals surface area (Å²) in [5, 5.41) is 16.7. The van der Waals surface area contributed by atoms with Gasteiger partial charge in [0.1, 0.15) is 0 Å². The van der Waals surface area contributed by atoms with E-state index in [0.717, 1.165) is 36.1 Å². The highest BCUT2D eigenvalue weighted by molar-refractivity contribution is 6.71. The number of carbonyl (C=O) groups excluding carboxylic acids is 3. The van der Waals surface area contributed by atoms with Crippen LogP contribution in [-0.2, 0) is 44.2 Å². The Morgan fingerprint density at radius 1 is 1.06 bits per heavy atom. The maximum atomic E-state index is 14.9. The molecule has 7 rings (SSSR count). The van der Waals surface area contributed by atoms with Gasteiger partial charge in [0.25, 0.3) is 5.91 Å². The standard InChI is InChI=1S/C39H48N4O6Si/c1-25-36(50(2,3)48)34(20-35(45)42-23-29-13-8-7-12-27(29)18-31(42)24-44)49-39(25)32-19-30(41-37(46)28-14-9-17-40-21-28)15-16-33(32)43(38(39)47)22-26-10-5-4-6-11-26/h4-8,10-13,15-16,19,25,28,31,34,36,40,44,48H,9,14,17-18,20-24H2,1-3H3,(H,41,46)/t25-,28?,31+,34+,36-,39+/m1/s1. The molecule has 50 heavy (non-hydrogen) atoms. The van der Waals surface area contributed by atoms with Crippen LogP contribution in [0.15, 0.2) is 72.8 Å². The maximum absolute atomic E-state index is 14.9. The molecule has 2 saturated heterocycles. The van der Waals surface area contributed by atoms with Crippen LogP contribution < -0.4 is 15.5 Å². The van der Waals surface area contributed by atoms with Crippen molar-refractivity contribution >= 4 is 37.4 Å². The molecule has 1 spiro atoms. The average molecular weight is 697 g/mol. The molecule has 4 N–H and O–H groups in total. The minimum Gasteiger partial charge on any atom is -0.432 e. The number of piperidine rings is 1. The highest BCUT2D eigenvalue weighted by Gasteiger charge is 2.66. The number of carbonyl (C=O) groups is 3. The SMILES string of the molecule is C[C@@H]1[C@@H]([Si](C)(C)O)[C@H](CC(=O)N2Cc3ccccc3C[C@H]2CO)O[C@@]12C(=O)N(Cc1ccccc1)c1ccc(NC(=O)C3CCCNC3)cc12. The van der Waals surface area contributed by atoms with E-state index in [2.05, 4.69) is 10.6 Å². The Labute approximate surface area is 294 Å². The van der Waals surface area contributed by atoms with Crippen molar-refractivity contribution in [3.05, 3.63) is 95.1 Å². The Morgan fingerprint density at radius 3 is 2.50 bits per heavy atom. The Hall–Kier alpha value is -3.87. The van der Waals surface area contributed by atoms with Crippen LogP contribution in [0.2, 0.25) is 18.6 Å². The number of aliphatic hydroxyl groups is 1. The second-order valence-corrected chi connectivity index (χ2v) is 19.0. The molecule has 0 aromatic heterocycles. The van der Waals surface area contributed by atoms with Gasteiger partial charge in [-0.2, -0.15) is 0 Å². The summed E-state index contributed by atoms with van der Waals surface area (Å²) >= 11 is 0. The second-order valence-electron chi connectivity index (χ2n) is 15.0. The van der Waals surface area contributed by atoms with Crippen LogP contribution in [0.5, 0.6) is 0 Å². The van der Waals surface area contributed by atoms with E-state index >= 15 is 0 Å². The Morgan fingerprint density at radius 2 is 1.80 bits per heavy atom. The third-order valence-electron chi connectivity index (χ3n) is 11.4. The van der Waals surface area contributed by atoms with Crippen LogP contribution in [0.1, 0.15) is 48.4 Å². The van der Waals surface area contributed by atoms with Crippen LogP contribution in [0, 0.1) is 11.8 Å². The molecule has 2 fully saturated rings. The molecular weight excluding hydrogens is 649 g/mol. The third kappa shape index (κ3) is 6.19. The molecule has 0 radical (unpaired) electrons. The monoisotopic (exact) mass is 696 g/mol. The number of aliphatic hydroxyl groups excluding tert-OH is 1. The van der Waals surface area contributed by atoms with E-state index in [9.17, 15) is 24.3 Å². The third-order valence-corrected chi connectivity index (χ3v) is 13.9. The van der Waals surface area contributed by atoms with Gasteiger partial charge in [0.15, 0.2) is 13.9 Å². The van der Waals surface area contributed by atoms with Crippen LogP contribution in [0.3, 0.4) is 0 Å². The second kappa shape index (κ2) is 13.7. The van der Waals surface area contributed by atoms with Crippen LogP contribution in [0.25, 0.3) is 0 Å². The minimum atomic E-state index is -3.05. The van der Waals surface area contributed by atoms with Crippen molar-refractivity contribution in [1.29, 1.82) is 0 Å².